The van der Waals surface area contributed by atoms with Gasteiger partial charge in [0.1, 0.15) is 28.7 Å². The molecule has 0 atom stereocenters. The summed E-state index contributed by atoms with van der Waals surface area (Å²) in [5.74, 6) is -0.890. The molecule has 4 aromatic heterocycles. The summed E-state index contributed by atoms with van der Waals surface area (Å²) in [6.07, 6.45) is 1.77. The van der Waals surface area contributed by atoms with E-state index in [0.717, 1.165) is 119 Å². The predicted octanol–water partition coefficient (Wildman–Crippen LogP) is 18.9. The average Bonchev–Trinajstić information content (AvgIpc) is 1.56. The minimum atomic E-state index is -1.67. The molecule has 0 radical (unpaired) electrons. The summed E-state index contributed by atoms with van der Waals surface area (Å²) in [6.45, 7) is 11.4. The van der Waals surface area contributed by atoms with Crippen LogP contribution in [-0.4, -0.2) is 131 Å². The average molecular weight is 1550 g/mol. The van der Waals surface area contributed by atoms with Gasteiger partial charge in [-0.05, 0) is 237 Å². The Bertz CT molecular complexity index is 6560. The molecule has 12 aromatic carbocycles. The van der Waals surface area contributed by atoms with Crippen molar-refractivity contribution >= 4 is 134 Å². The molecule has 21 rings (SSSR count). The summed E-state index contributed by atoms with van der Waals surface area (Å²) in [5.41, 5.74) is 14.4. The molecular weight excluding hydrogens is 1470 g/mol. The lowest BCUT2D eigenvalue weighted by Gasteiger charge is -2.40. The number of nitrogens with zero attached hydrogens (tertiary/aromatic N) is 8. The van der Waals surface area contributed by atoms with Crippen LogP contribution in [-0.2, 0) is 0 Å². The highest BCUT2D eigenvalue weighted by Gasteiger charge is 2.55. The molecule has 0 unspecified atom stereocenters. The van der Waals surface area contributed by atoms with Gasteiger partial charge < -0.3 is 37.2 Å². The Morgan fingerprint density at radius 2 is 0.487 bits per heavy atom. The van der Waals surface area contributed by atoms with Crippen molar-refractivity contribution in [1.29, 1.82) is 0 Å². The van der Waals surface area contributed by atoms with Gasteiger partial charge in [0.25, 0.3) is 47.3 Å². The highest BCUT2D eigenvalue weighted by atomic mass is 16.5. The fourth-order valence-corrected chi connectivity index (χ4v) is 19.2. The van der Waals surface area contributed by atoms with Crippen molar-refractivity contribution in [3.05, 3.63) is 285 Å². The maximum Gasteiger partial charge on any atom is 0.265 e. The standard InChI is InChI=1S/C50H40N4O8.C47H36N4O4/c1-59-29-15-19-39-35(23-29)36-24-30(60-2)16-20-40(36)53(39)43-9-5-7-33-45(43)49(57)51(47(33)55)27-11-13-28(14-12-27)52-48(56)34-8-6-10-44(46(34)50(52)58)54-41-21-17-31(61-3)25-37(41)38-26-32(62-4)18-22-42(38)54;1-25-13-17-35-31(21-25)32-22-26(2)14-18-36(32)48(35)39-11-7-9-29-41(39)45(54)50(43(29)52)47(5,6)51-44(53)30-10-8-12-40(42(30)46(51)55)49-37-19-15-27(3)23-33(37)34-24-28(4)16-20-38(34)49/h5-10,15-28H,11-14H2,1-4H3;7-24H,1-6H3. The van der Waals surface area contributed by atoms with Crippen molar-refractivity contribution in [3.8, 4) is 45.7 Å². The topological polar surface area (TPSA) is 206 Å². The van der Waals surface area contributed by atoms with Crippen LogP contribution in [0.5, 0.6) is 23.0 Å². The third kappa shape index (κ3) is 10.4. The molecule has 0 N–H and O–H groups in total. The zero-order valence-electron chi connectivity index (χ0n) is 65.7. The van der Waals surface area contributed by atoms with Crippen LogP contribution in [0, 0.1) is 27.7 Å². The summed E-state index contributed by atoms with van der Waals surface area (Å²) in [6, 6.07) is 68.6. The molecule has 8 amide bonds. The molecule has 0 saturated heterocycles. The zero-order valence-corrected chi connectivity index (χ0v) is 65.7. The molecule has 20 heteroatoms. The molecule has 8 heterocycles. The highest BCUT2D eigenvalue weighted by molar-refractivity contribution is 6.29. The summed E-state index contributed by atoms with van der Waals surface area (Å²) < 4.78 is 30.4. The smallest absolute Gasteiger partial charge is 0.265 e. The zero-order chi connectivity index (χ0) is 80.8. The largest absolute Gasteiger partial charge is 0.497 e. The first-order valence-corrected chi connectivity index (χ1v) is 39.0. The molecule has 1 aliphatic carbocycles. The van der Waals surface area contributed by atoms with E-state index >= 15 is 0 Å². The first-order chi connectivity index (χ1) is 56.6. The molecule has 5 aliphatic rings. The van der Waals surface area contributed by atoms with Crippen molar-refractivity contribution in [2.45, 2.75) is 85.0 Å². The fourth-order valence-electron chi connectivity index (χ4n) is 19.2. The van der Waals surface area contributed by atoms with Crippen LogP contribution in [0.25, 0.3) is 110 Å². The molecule has 576 valence electrons. The number of hydrogen-bond donors (Lipinski definition) is 0. The van der Waals surface area contributed by atoms with E-state index in [4.69, 9.17) is 18.9 Å². The van der Waals surface area contributed by atoms with Gasteiger partial charge >= 0.3 is 0 Å². The number of hydrogen-bond acceptors (Lipinski definition) is 12. The van der Waals surface area contributed by atoms with Crippen molar-refractivity contribution in [3.63, 3.8) is 0 Å². The second-order valence-electron chi connectivity index (χ2n) is 31.6. The van der Waals surface area contributed by atoms with E-state index in [2.05, 4.69) is 24.3 Å². The number of carbonyl (C=O) groups excluding carboxylic acids is 8. The normalized spacial score (nSPS) is 16.1. The van der Waals surface area contributed by atoms with Crippen LogP contribution in [0.3, 0.4) is 0 Å². The van der Waals surface area contributed by atoms with Crippen LogP contribution >= 0.6 is 0 Å². The summed E-state index contributed by atoms with van der Waals surface area (Å²) >= 11 is 0. The van der Waals surface area contributed by atoms with Gasteiger partial charge in [-0.1, -0.05) is 70.8 Å². The van der Waals surface area contributed by atoms with E-state index in [1.165, 1.54) is 9.80 Å². The minimum Gasteiger partial charge on any atom is -0.497 e. The van der Waals surface area contributed by atoms with Gasteiger partial charge in [-0.25, -0.2) is 0 Å². The molecular formula is C97H76N8O12. The van der Waals surface area contributed by atoms with Crippen LogP contribution < -0.4 is 18.9 Å². The Morgan fingerprint density at radius 1 is 0.265 bits per heavy atom. The van der Waals surface area contributed by atoms with E-state index in [1.54, 1.807) is 78.7 Å². The maximum absolute atomic E-state index is 14.8. The van der Waals surface area contributed by atoms with Gasteiger partial charge in [0.15, 0.2) is 0 Å². The third-order valence-corrected chi connectivity index (χ3v) is 24.6. The number of aromatic nitrogens is 4. The SMILES string of the molecule is COc1ccc2c(c1)c1cc(OC)ccc1n2-c1cccc2c1C(=O)N(C1CCC(N3C(=O)c4cccc(-n5c6ccc(OC)cc6c6cc(OC)ccc65)c4C3=O)CC1)C2=O.Cc1ccc2c(c1)c1cc(C)ccc1n2-c1cccc2c1C(=O)N(C(C)(C)N1C(=O)c3cccc(-n4c5ccc(C)cc5c5cc(C)ccc54)c3C1=O)C2=O. The van der Waals surface area contributed by atoms with Crippen molar-refractivity contribution < 1.29 is 57.3 Å². The molecule has 117 heavy (non-hydrogen) atoms. The molecule has 16 aromatic rings. The van der Waals surface area contributed by atoms with Gasteiger partial charge in [-0.3, -0.25) is 58.0 Å². The predicted molar refractivity (Wildman–Crippen MR) is 450 cm³/mol. The Kier molecular flexibility index (Phi) is 16.1. The lowest BCUT2D eigenvalue weighted by Crippen LogP contribution is -2.60. The van der Waals surface area contributed by atoms with E-state index in [9.17, 15) is 38.4 Å². The minimum absolute atomic E-state index is 0.220. The molecule has 4 aliphatic heterocycles. The van der Waals surface area contributed by atoms with Gasteiger partial charge in [0, 0.05) is 55.2 Å². The van der Waals surface area contributed by atoms with Crippen molar-refractivity contribution in [2.75, 3.05) is 28.4 Å². The second-order valence-corrected chi connectivity index (χ2v) is 31.6. The Labute approximate surface area is 670 Å². The highest BCUT2D eigenvalue weighted by Crippen LogP contribution is 2.48. The van der Waals surface area contributed by atoms with E-state index in [-0.39, 0.29) is 45.9 Å². The number of ether oxygens (including phenoxy) is 4. The van der Waals surface area contributed by atoms with Gasteiger partial charge in [-0.15, -0.1) is 0 Å². The number of methoxy groups -OCH3 is 4. The molecule has 1 saturated carbocycles. The van der Waals surface area contributed by atoms with Crippen LogP contribution in [0.15, 0.2) is 218 Å². The molecule has 1 fully saturated rings. The Hall–Kier alpha value is -14.4. The number of aryl methyl sites for hydroxylation is 4. The maximum atomic E-state index is 14.8. The molecule has 20 nitrogen and oxygen atoms in total. The molecule has 0 bridgehead atoms. The fraction of sp³-hybridized carbons (Fsp3) is 0.175. The summed E-state index contributed by atoms with van der Waals surface area (Å²) in [4.78, 5) is 121. The number of rotatable bonds is 12. The third-order valence-electron chi connectivity index (χ3n) is 24.6. The number of imide groups is 4. The first kappa shape index (κ1) is 71.6. The Balaban J connectivity index is 0.000000152. The van der Waals surface area contributed by atoms with E-state index in [0.29, 0.717) is 93.7 Å². The summed E-state index contributed by atoms with van der Waals surface area (Å²) in [5, 5.41) is 7.83. The van der Waals surface area contributed by atoms with Gasteiger partial charge in [0.05, 0.1) is 140 Å². The van der Waals surface area contributed by atoms with Gasteiger partial charge in [-0.2, -0.15) is 0 Å². The van der Waals surface area contributed by atoms with E-state index in [1.807, 2.05) is 204 Å². The van der Waals surface area contributed by atoms with Crippen molar-refractivity contribution in [2.24, 2.45) is 0 Å². The first-order valence-electron chi connectivity index (χ1n) is 39.0. The lowest BCUT2D eigenvalue weighted by molar-refractivity contribution is 0.00415. The monoisotopic (exact) mass is 1540 g/mol. The van der Waals surface area contributed by atoms with Gasteiger partial charge in [0.2, 0.25) is 0 Å². The quantitative estimate of drug-likeness (QED) is 0.105. The Morgan fingerprint density at radius 3 is 0.735 bits per heavy atom. The lowest BCUT2D eigenvalue weighted by atomic mass is 9.89. The van der Waals surface area contributed by atoms with Crippen LogP contribution in [0.4, 0.5) is 0 Å². The second kappa shape index (κ2) is 26.3. The van der Waals surface area contributed by atoms with Crippen molar-refractivity contribution in [1.82, 2.24) is 37.9 Å². The van der Waals surface area contributed by atoms with Crippen LogP contribution in [0.2, 0.25) is 0 Å². The van der Waals surface area contributed by atoms with E-state index < -0.39 is 41.4 Å². The number of carbonyl (C=O) groups is 8. The molecule has 0 spiro atoms. The number of benzene rings is 12. The summed E-state index contributed by atoms with van der Waals surface area (Å²) in [7, 11) is 6.49. The van der Waals surface area contributed by atoms with Crippen LogP contribution in [0.1, 0.15) is 145 Å². The number of fused-ring (bicyclic) bond motifs is 16. The number of amides is 8.